The maximum atomic E-state index is 11.4. The number of carbonyl (C=O) groups excluding carboxylic acids is 1. The summed E-state index contributed by atoms with van der Waals surface area (Å²) in [5.74, 6) is 0.218. The van der Waals surface area contributed by atoms with Crippen LogP contribution >= 0.6 is 0 Å². The Morgan fingerprint density at radius 3 is 2.43 bits per heavy atom. The van der Waals surface area contributed by atoms with Gasteiger partial charge in [-0.25, -0.2) is 0 Å². The van der Waals surface area contributed by atoms with Gasteiger partial charge in [0, 0.05) is 46.2 Å². The number of rotatable bonds is 5. The van der Waals surface area contributed by atoms with Crippen molar-refractivity contribution in [3.63, 3.8) is 0 Å². The van der Waals surface area contributed by atoms with Gasteiger partial charge in [-0.05, 0) is 6.54 Å². The van der Waals surface area contributed by atoms with Crippen LogP contribution in [0.4, 0.5) is 0 Å². The molecule has 1 fully saturated rings. The van der Waals surface area contributed by atoms with Crippen LogP contribution in [-0.2, 0) is 4.79 Å². The first-order valence-electron chi connectivity index (χ1n) is 5.30. The summed E-state index contributed by atoms with van der Waals surface area (Å²) < 4.78 is 0. The van der Waals surface area contributed by atoms with Crippen molar-refractivity contribution in [3.05, 3.63) is 0 Å². The Morgan fingerprint density at radius 1 is 1.43 bits per heavy atom. The van der Waals surface area contributed by atoms with Crippen molar-refractivity contribution >= 4 is 5.91 Å². The molecule has 4 nitrogen and oxygen atoms in total. The average Bonchev–Trinajstić information content (AvgIpc) is 2.07. The van der Waals surface area contributed by atoms with Gasteiger partial charge in [0.1, 0.15) is 0 Å². The summed E-state index contributed by atoms with van der Waals surface area (Å²) in [6.45, 7) is 6.22. The molecule has 0 aromatic rings. The zero-order valence-corrected chi connectivity index (χ0v) is 9.42. The Hall–Kier alpha value is -0.610. The molecule has 0 spiro atoms. The van der Waals surface area contributed by atoms with E-state index >= 15 is 0 Å². The molecule has 0 saturated carbocycles. The Bertz CT molecular complexity index is 190. The van der Waals surface area contributed by atoms with E-state index in [1.807, 2.05) is 14.1 Å². The highest BCUT2D eigenvalue weighted by atomic mass is 16.2. The smallest absolute Gasteiger partial charge is 0.223 e. The summed E-state index contributed by atoms with van der Waals surface area (Å²) in [6, 6.07) is 0.648. The summed E-state index contributed by atoms with van der Waals surface area (Å²) in [6.07, 6.45) is 0.636. The predicted octanol–water partition coefficient (Wildman–Crippen LogP) is -0.242. The number of nitrogens with one attached hydrogen (secondary N) is 1. The fourth-order valence-corrected chi connectivity index (χ4v) is 1.59. The van der Waals surface area contributed by atoms with Gasteiger partial charge in [0.15, 0.2) is 0 Å². The molecular formula is C10H21N3O. The monoisotopic (exact) mass is 199 g/mol. The van der Waals surface area contributed by atoms with E-state index < -0.39 is 0 Å². The molecule has 1 saturated heterocycles. The fraction of sp³-hybridized carbons (Fsp3) is 0.900. The second-order valence-electron chi connectivity index (χ2n) is 3.98. The first-order valence-corrected chi connectivity index (χ1v) is 5.30. The van der Waals surface area contributed by atoms with Crippen LogP contribution in [0.5, 0.6) is 0 Å². The molecule has 0 atom stereocenters. The summed E-state index contributed by atoms with van der Waals surface area (Å²) >= 11 is 0. The molecule has 0 bridgehead atoms. The van der Waals surface area contributed by atoms with Crippen molar-refractivity contribution in [3.8, 4) is 0 Å². The molecule has 0 aromatic heterocycles. The van der Waals surface area contributed by atoms with Crippen molar-refractivity contribution in [2.45, 2.75) is 19.4 Å². The van der Waals surface area contributed by atoms with E-state index in [-0.39, 0.29) is 5.91 Å². The molecule has 1 N–H and O–H groups in total. The molecule has 0 aliphatic carbocycles. The molecule has 1 rings (SSSR count). The fourth-order valence-electron chi connectivity index (χ4n) is 1.59. The lowest BCUT2D eigenvalue weighted by molar-refractivity contribution is -0.129. The molecule has 1 amide bonds. The lowest BCUT2D eigenvalue weighted by Gasteiger charge is -2.37. The minimum absolute atomic E-state index is 0.218. The Labute approximate surface area is 86.2 Å². The molecular weight excluding hydrogens is 178 g/mol. The first-order chi connectivity index (χ1) is 6.65. The molecule has 1 aliphatic rings. The molecule has 82 valence electrons. The zero-order chi connectivity index (χ0) is 10.6. The van der Waals surface area contributed by atoms with Crippen LogP contribution in [-0.4, -0.2) is 62.0 Å². The third kappa shape index (κ3) is 2.96. The van der Waals surface area contributed by atoms with Gasteiger partial charge in [0.05, 0.1) is 0 Å². The van der Waals surface area contributed by atoms with Gasteiger partial charge in [-0.1, -0.05) is 6.92 Å². The summed E-state index contributed by atoms with van der Waals surface area (Å²) in [4.78, 5) is 15.4. The second kappa shape index (κ2) is 5.32. The molecule has 14 heavy (non-hydrogen) atoms. The standard InChI is InChI=1S/C10H21N3O/c1-4-13(9-7-11-8-9)6-5-10(14)12(2)3/h9,11H,4-8H2,1-3H3. The topological polar surface area (TPSA) is 35.6 Å². The van der Waals surface area contributed by atoms with E-state index in [1.165, 1.54) is 0 Å². The highest BCUT2D eigenvalue weighted by molar-refractivity contribution is 5.75. The van der Waals surface area contributed by atoms with E-state index in [1.54, 1.807) is 4.90 Å². The summed E-state index contributed by atoms with van der Waals surface area (Å²) in [7, 11) is 3.62. The van der Waals surface area contributed by atoms with Crippen molar-refractivity contribution < 1.29 is 4.79 Å². The lowest BCUT2D eigenvalue weighted by atomic mass is 10.1. The second-order valence-corrected chi connectivity index (χ2v) is 3.98. The predicted molar refractivity (Wildman–Crippen MR) is 57.2 cm³/mol. The highest BCUT2D eigenvalue weighted by Crippen LogP contribution is 2.05. The van der Waals surface area contributed by atoms with Crippen LogP contribution in [0.25, 0.3) is 0 Å². The molecule has 0 unspecified atom stereocenters. The van der Waals surface area contributed by atoms with Gasteiger partial charge >= 0.3 is 0 Å². The van der Waals surface area contributed by atoms with E-state index in [9.17, 15) is 4.79 Å². The van der Waals surface area contributed by atoms with Gasteiger partial charge in [-0.15, -0.1) is 0 Å². The number of hydrogen-bond acceptors (Lipinski definition) is 3. The van der Waals surface area contributed by atoms with Gasteiger partial charge in [-0.3, -0.25) is 9.69 Å². The number of carbonyl (C=O) groups is 1. The van der Waals surface area contributed by atoms with E-state index in [2.05, 4.69) is 17.1 Å². The number of hydrogen-bond donors (Lipinski definition) is 1. The van der Waals surface area contributed by atoms with Crippen LogP contribution in [0.2, 0.25) is 0 Å². The number of nitrogens with zero attached hydrogens (tertiary/aromatic N) is 2. The molecule has 1 heterocycles. The summed E-state index contributed by atoms with van der Waals surface area (Å²) in [5.41, 5.74) is 0. The van der Waals surface area contributed by atoms with Crippen LogP contribution in [0.1, 0.15) is 13.3 Å². The van der Waals surface area contributed by atoms with E-state index in [0.29, 0.717) is 12.5 Å². The van der Waals surface area contributed by atoms with Gasteiger partial charge < -0.3 is 10.2 Å². The van der Waals surface area contributed by atoms with Gasteiger partial charge in [-0.2, -0.15) is 0 Å². The van der Waals surface area contributed by atoms with Gasteiger partial charge in [0.25, 0.3) is 0 Å². The lowest BCUT2D eigenvalue weighted by Crippen LogP contribution is -2.57. The first kappa shape index (κ1) is 11.5. The van der Waals surface area contributed by atoms with E-state index in [4.69, 9.17) is 0 Å². The van der Waals surface area contributed by atoms with Crippen molar-refractivity contribution in [2.75, 3.05) is 40.3 Å². The third-order valence-corrected chi connectivity index (χ3v) is 2.79. The van der Waals surface area contributed by atoms with Crippen molar-refractivity contribution in [2.24, 2.45) is 0 Å². The Morgan fingerprint density at radius 2 is 2.07 bits per heavy atom. The average molecular weight is 199 g/mol. The van der Waals surface area contributed by atoms with Crippen molar-refractivity contribution in [1.29, 1.82) is 0 Å². The minimum atomic E-state index is 0.218. The van der Waals surface area contributed by atoms with Gasteiger partial charge in [0.2, 0.25) is 5.91 Å². The van der Waals surface area contributed by atoms with Crippen LogP contribution < -0.4 is 5.32 Å². The van der Waals surface area contributed by atoms with Crippen LogP contribution in [0.15, 0.2) is 0 Å². The zero-order valence-electron chi connectivity index (χ0n) is 9.42. The SMILES string of the molecule is CCN(CCC(=O)N(C)C)C1CNC1. The molecule has 4 heteroatoms. The Balaban J connectivity index is 2.23. The van der Waals surface area contributed by atoms with Crippen molar-refractivity contribution in [1.82, 2.24) is 15.1 Å². The number of likely N-dealkylation sites (N-methyl/N-ethyl adjacent to an activating group) is 1. The third-order valence-electron chi connectivity index (χ3n) is 2.79. The molecule has 1 aliphatic heterocycles. The maximum Gasteiger partial charge on any atom is 0.223 e. The van der Waals surface area contributed by atoms with Crippen LogP contribution in [0.3, 0.4) is 0 Å². The normalized spacial score (nSPS) is 16.9. The summed E-state index contributed by atoms with van der Waals surface area (Å²) in [5, 5.41) is 3.25. The van der Waals surface area contributed by atoms with Crippen LogP contribution in [0, 0.1) is 0 Å². The molecule has 0 aromatic carbocycles. The number of amides is 1. The maximum absolute atomic E-state index is 11.4. The Kier molecular flexibility index (Phi) is 4.35. The van der Waals surface area contributed by atoms with E-state index in [0.717, 1.165) is 26.2 Å². The minimum Gasteiger partial charge on any atom is -0.349 e. The molecule has 0 radical (unpaired) electrons. The largest absolute Gasteiger partial charge is 0.349 e. The highest BCUT2D eigenvalue weighted by Gasteiger charge is 2.23. The quantitative estimate of drug-likeness (QED) is 0.664.